The van der Waals surface area contributed by atoms with Gasteiger partial charge in [0.15, 0.2) is 0 Å². The summed E-state index contributed by atoms with van der Waals surface area (Å²) in [4.78, 5) is 24.9. The Labute approximate surface area is 125 Å². The first-order valence-corrected chi connectivity index (χ1v) is 7.75. The minimum Gasteiger partial charge on any atom is -0.318 e. The van der Waals surface area contributed by atoms with Crippen LogP contribution in [-0.2, 0) is 21.7 Å². The van der Waals surface area contributed by atoms with Crippen LogP contribution < -0.4 is 5.56 Å². The Hall–Kier alpha value is -2.17. The van der Waals surface area contributed by atoms with E-state index in [2.05, 4.69) is 4.28 Å². The summed E-state index contributed by atoms with van der Waals surface area (Å²) >= 11 is 0. The molecule has 2 amide bonds. The smallest absolute Gasteiger partial charge is 0.318 e. The number of fused-ring (bicyclic) bond motifs is 2. The van der Waals surface area contributed by atoms with Crippen LogP contribution in [0.2, 0.25) is 0 Å². The Morgan fingerprint density at radius 1 is 1.32 bits per heavy atom. The van der Waals surface area contributed by atoms with Gasteiger partial charge in [0.1, 0.15) is 6.04 Å². The molecule has 1 aromatic heterocycles. The predicted molar refractivity (Wildman–Crippen MR) is 74.9 cm³/mol. The second-order valence-corrected chi connectivity index (χ2v) is 6.06. The molecule has 9 nitrogen and oxygen atoms in total. The van der Waals surface area contributed by atoms with Gasteiger partial charge in [0.2, 0.25) is 5.56 Å². The molecule has 1 saturated heterocycles. The van der Waals surface area contributed by atoms with E-state index >= 15 is 0 Å². The third kappa shape index (κ3) is 2.51. The Bertz CT molecular complexity index is 828. The summed E-state index contributed by atoms with van der Waals surface area (Å²) in [5.41, 5.74) is 1.14. The maximum absolute atomic E-state index is 12.0. The van der Waals surface area contributed by atoms with E-state index in [0.29, 0.717) is 22.7 Å². The summed E-state index contributed by atoms with van der Waals surface area (Å²) in [6.07, 6.45) is 3.36. The molecule has 2 bridgehead atoms. The van der Waals surface area contributed by atoms with Gasteiger partial charge in [-0.15, -0.1) is 4.28 Å². The molecule has 1 unspecified atom stereocenters. The van der Waals surface area contributed by atoms with Crippen molar-refractivity contribution in [3.63, 3.8) is 0 Å². The lowest BCUT2D eigenvalue weighted by Crippen LogP contribution is -2.36. The van der Waals surface area contributed by atoms with Gasteiger partial charge in [-0.2, -0.15) is 13.5 Å². The number of hydrogen-bond acceptors (Lipinski definition) is 5. The number of pyridine rings is 1. The number of carbonyl (C=O) groups excluding carboxylic acids is 1. The van der Waals surface area contributed by atoms with Gasteiger partial charge < -0.3 is 9.47 Å². The maximum atomic E-state index is 12.0. The molecule has 1 atom stereocenters. The van der Waals surface area contributed by atoms with E-state index in [0.717, 1.165) is 0 Å². The molecule has 0 spiro atoms. The third-order valence-electron chi connectivity index (χ3n) is 3.62. The molecular formula is C12H13N3O6S. The molecule has 10 heteroatoms. The van der Waals surface area contributed by atoms with Crippen LogP contribution in [0.4, 0.5) is 4.79 Å². The van der Waals surface area contributed by atoms with E-state index in [1.165, 1.54) is 15.5 Å². The number of rotatable bonds is 3. The molecule has 1 aromatic rings. The van der Waals surface area contributed by atoms with Gasteiger partial charge in [-0.25, -0.2) is 4.79 Å². The molecule has 0 aromatic carbocycles. The molecular weight excluding hydrogens is 314 g/mol. The van der Waals surface area contributed by atoms with Gasteiger partial charge in [0, 0.05) is 25.9 Å². The zero-order valence-electron chi connectivity index (χ0n) is 11.5. The number of aryl methyl sites for hydroxylation is 1. The van der Waals surface area contributed by atoms with Crippen molar-refractivity contribution in [1.29, 1.82) is 0 Å². The molecule has 3 rings (SSSR count). The fraction of sp³-hybridized carbons (Fsp3) is 0.333. The fourth-order valence-electron chi connectivity index (χ4n) is 2.62. The largest absolute Gasteiger partial charge is 0.418 e. The Morgan fingerprint density at radius 2 is 2.05 bits per heavy atom. The molecule has 0 radical (unpaired) electrons. The van der Waals surface area contributed by atoms with Crippen molar-refractivity contribution >= 4 is 22.0 Å². The second-order valence-electron chi connectivity index (χ2n) is 5.06. The van der Waals surface area contributed by atoms with Crippen molar-refractivity contribution in [1.82, 2.24) is 14.5 Å². The molecule has 1 fully saturated rings. The second kappa shape index (κ2) is 4.93. The third-order valence-corrected chi connectivity index (χ3v) is 3.97. The van der Waals surface area contributed by atoms with Crippen molar-refractivity contribution in [2.75, 3.05) is 13.1 Å². The first-order chi connectivity index (χ1) is 10.3. The first kappa shape index (κ1) is 14.8. The van der Waals surface area contributed by atoms with Gasteiger partial charge >= 0.3 is 16.4 Å². The summed E-state index contributed by atoms with van der Waals surface area (Å²) in [7, 11) is -3.21. The van der Waals surface area contributed by atoms with Gasteiger partial charge in [-0.3, -0.25) is 9.35 Å². The standard InChI is InChI=1S/C12H13N3O6S/c1-13-6-8(2-3-11(13)16)9-4-5-14-7-10(9)15(12(14)17)21-22(18,19)20/h2-4,6,10H,5,7H2,1H3,(H,18,19,20). The number of aromatic nitrogens is 1. The molecule has 0 aliphatic carbocycles. The summed E-state index contributed by atoms with van der Waals surface area (Å²) in [5, 5.41) is 0.638. The van der Waals surface area contributed by atoms with Crippen LogP contribution in [0.25, 0.3) is 5.57 Å². The normalized spacial score (nSPS) is 21.3. The van der Waals surface area contributed by atoms with Crippen LogP contribution >= 0.6 is 0 Å². The van der Waals surface area contributed by atoms with Crippen LogP contribution in [0.15, 0.2) is 29.2 Å². The fourth-order valence-corrected chi connectivity index (χ4v) is 2.99. The highest BCUT2D eigenvalue weighted by Crippen LogP contribution is 2.32. The zero-order valence-corrected chi connectivity index (χ0v) is 12.4. The van der Waals surface area contributed by atoms with Crippen LogP contribution in [0.3, 0.4) is 0 Å². The van der Waals surface area contributed by atoms with Crippen LogP contribution in [0, 0.1) is 0 Å². The Morgan fingerprint density at radius 3 is 2.68 bits per heavy atom. The summed E-state index contributed by atoms with van der Waals surface area (Å²) < 4.78 is 36.4. The monoisotopic (exact) mass is 327 g/mol. The van der Waals surface area contributed by atoms with E-state index in [1.54, 1.807) is 25.4 Å². The summed E-state index contributed by atoms with van der Waals surface area (Å²) in [6.45, 7) is 0.530. The molecule has 3 heterocycles. The van der Waals surface area contributed by atoms with Crippen molar-refractivity contribution in [3.05, 3.63) is 40.3 Å². The van der Waals surface area contributed by atoms with Crippen LogP contribution in [-0.4, -0.2) is 52.7 Å². The van der Waals surface area contributed by atoms with E-state index in [1.807, 2.05) is 0 Å². The van der Waals surface area contributed by atoms with Gasteiger partial charge in [-0.1, -0.05) is 6.08 Å². The quantitative estimate of drug-likeness (QED) is 0.758. The Kier molecular flexibility index (Phi) is 3.31. The summed E-state index contributed by atoms with van der Waals surface area (Å²) in [6, 6.07) is 1.66. The van der Waals surface area contributed by atoms with E-state index in [4.69, 9.17) is 4.55 Å². The number of carbonyl (C=O) groups is 1. The average Bonchev–Trinajstić information content (AvgIpc) is 2.66. The zero-order chi connectivity index (χ0) is 16.1. The van der Waals surface area contributed by atoms with E-state index in [9.17, 15) is 18.0 Å². The molecule has 2 aliphatic heterocycles. The van der Waals surface area contributed by atoms with Gasteiger partial charge in [-0.05, 0) is 17.2 Å². The van der Waals surface area contributed by atoms with Crippen molar-refractivity contribution < 1.29 is 22.0 Å². The molecule has 118 valence electrons. The highest BCUT2D eigenvalue weighted by Gasteiger charge is 2.45. The number of hydroxylamine groups is 2. The number of hydrogen-bond donors (Lipinski definition) is 1. The lowest BCUT2D eigenvalue weighted by Gasteiger charge is -2.24. The highest BCUT2D eigenvalue weighted by atomic mass is 32.3. The maximum Gasteiger partial charge on any atom is 0.418 e. The minimum atomic E-state index is -4.80. The van der Waals surface area contributed by atoms with Crippen molar-refractivity contribution in [3.8, 4) is 0 Å². The molecule has 1 N–H and O–H groups in total. The van der Waals surface area contributed by atoms with Gasteiger partial charge in [0.05, 0.1) is 6.54 Å². The minimum absolute atomic E-state index is 0.185. The molecule has 0 saturated carbocycles. The number of urea groups is 1. The first-order valence-electron chi connectivity index (χ1n) is 6.38. The Balaban J connectivity index is 1.99. The van der Waals surface area contributed by atoms with Crippen molar-refractivity contribution in [2.24, 2.45) is 7.05 Å². The van der Waals surface area contributed by atoms with Crippen molar-refractivity contribution in [2.45, 2.75) is 6.04 Å². The van der Waals surface area contributed by atoms with E-state index in [-0.39, 0.29) is 12.1 Å². The van der Waals surface area contributed by atoms with E-state index < -0.39 is 22.5 Å². The predicted octanol–water partition coefficient (Wildman–Crippen LogP) is -0.377. The highest BCUT2D eigenvalue weighted by molar-refractivity contribution is 7.80. The molecule has 2 aliphatic rings. The number of nitrogens with zero attached hydrogens (tertiary/aromatic N) is 3. The molecule has 22 heavy (non-hydrogen) atoms. The lowest BCUT2D eigenvalue weighted by molar-refractivity contribution is -0.0160. The topological polar surface area (TPSA) is 109 Å². The lowest BCUT2D eigenvalue weighted by atomic mass is 9.97. The SMILES string of the molecule is Cn1cc(C2=CCN3CC2N(OS(=O)(=O)O)C3=O)ccc1=O. The van der Waals surface area contributed by atoms with Crippen LogP contribution in [0.1, 0.15) is 5.56 Å². The average molecular weight is 327 g/mol. The van der Waals surface area contributed by atoms with Gasteiger partial charge in [0.25, 0.3) is 0 Å². The number of amides is 2. The van der Waals surface area contributed by atoms with Crippen LogP contribution in [0.5, 0.6) is 0 Å². The summed E-state index contributed by atoms with van der Waals surface area (Å²) in [5.74, 6) is 0.